The fourth-order valence-electron chi connectivity index (χ4n) is 2.76. The van der Waals surface area contributed by atoms with Crippen LogP contribution in [0, 0.1) is 0 Å². The summed E-state index contributed by atoms with van der Waals surface area (Å²) < 4.78 is 30.5. The van der Waals surface area contributed by atoms with E-state index in [0.29, 0.717) is 11.4 Å². The van der Waals surface area contributed by atoms with Crippen LogP contribution in [0.2, 0.25) is 0 Å². The Hall–Kier alpha value is -2.87. The predicted molar refractivity (Wildman–Crippen MR) is 109 cm³/mol. The highest BCUT2D eigenvalue weighted by molar-refractivity contribution is 7.92. The van der Waals surface area contributed by atoms with Gasteiger partial charge in [-0.25, -0.2) is 13.2 Å². The van der Waals surface area contributed by atoms with Crippen LogP contribution in [0.1, 0.15) is 35.7 Å². The average molecular weight is 404 g/mol. The molecule has 2 aromatic carbocycles. The van der Waals surface area contributed by atoms with Gasteiger partial charge in [0.15, 0.2) is 0 Å². The van der Waals surface area contributed by atoms with Gasteiger partial charge in [0.1, 0.15) is 6.54 Å². The SMILES string of the molecule is COC(=O)c1cccc(NC(=O)CN(c2ccccc2C(C)C)S(C)(=O)=O)c1. The van der Waals surface area contributed by atoms with E-state index < -0.39 is 21.9 Å². The van der Waals surface area contributed by atoms with E-state index in [0.717, 1.165) is 16.1 Å². The standard InChI is InChI=1S/C20H24N2O5S/c1-14(2)17-10-5-6-11-18(17)22(28(4,25)26)13-19(23)21-16-9-7-8-15(12-16)20(24)27-3/h5-12,14H,13H2,1-4H3,(H,21,23). The molecular formula is C20H24N2O5S. The largest absolute Gasteiger partial charge is 0.465 e. The van der Waals surface area contributed by atoms with Crippen LogP contribution in [-0.2, 0) is 19.6 Å². The third kappa shape index (κ3) is 5.32. The predicted octanol–water partition coefficient (Wildman–Crippen LogP) is 3.00. The number of para-hydroxylation sites is 1. The topological polar surface area (TPSA) is 92.8 Å². The van der Waals surface area contributed by atoms with E-state index >= 15 is 0 Å². The van der Waals surface area contributed by atoms with Gasteiger partial charge in [-0.1, -0.05) is 38.1 Å². The van der Waals surface area contributed by atoms with Crippen molar-refractivity contribution in [3.8, 4) is 0 Å². The van der Waals surface area contributed by atoms with Gasteiger partial charge < -0.3 is 10.1 Å². The highest BCUT2D eigenvalue weighted by Gasteiger charge is 2.24. The van der Waals surface area contributed by atoms with Gasteiger partial charge in [0.05, 0.1) is 24.6 Å². The molecule has 7 nitrogen and oxygen atoms in total. The van der Waals surface area contributed by atoms with Crippen LogP contribution in [0.25, 0.3) is 0 Å². The summed E-state index contributed by atoms with van der Waals surface area (Å²) >= 11 is 0. The van der Waals surface area contributed by atoms with Crippen LogP contribution in [0.15, 0.2) is 48.5 Å². The molecular weight excluding hydrogens is 380 g/mol. The number of sulfonamides is 1. The van der Waals surface area contributed by atoms with Crippen molar-refractivity contribution < 1.29 is 22.7 Å². The third-order valence-corrected chi connectivity index (χ3v) is 5.21. The van der Waals surface area contributed by atoms with E-state index in [4.69, 9.17) is 0 Å². The van der Waals surface area contributed by atoms with Gasteiger partial charge in [-0.15, -0.1) is 0 Å². The number of benzene rings is 2. The minimum Gasteiger partial charge on any atom is -0.465 e. The normalized spacial score (nSPS) is 11.2. The summed E-state index contributed by atoms with van der Waals surface area (Å²) in [5, 5.41) is 2.63. The first-order valence-corrected chi connectivity index (χ1v) is 10.5. The molecule has 0 spiro atoms. The summed E-state index contributed by atoms with van der Waals surface area (Å²) in [6, 6.07) is 13.3. The number of nitrogens with zero attached hydrogens (tertiary/aromatic N) is 1. The number of carbonyl (C=O) groups excluding carboxylic acids is 2. The Bertz CT molecular complexity index is 970. The minimum absolute atomic E-state index is 0.0836. The molecule has 0 aromatic heterocycles. The van der Waals surface area contributed by atoms with Crippen LogP contribution < -0.4 is 9.62 Å². The van der Waals surface area contributed by atoms with Crippen molar-refractivity contribution in [1.29, 1.82) is 0 Å². The van der Waals surface area contributed by atoms with Crippen LogP contribution in [0.4, 0.5) is 11.4 Å². The van der Waals surface area contributed by atoms with Crippen molar-refractivity contribution >= 4 is 33.3 Å². The van der Waals surface area contributed by atoms with E-state index in [1.807, 2.05) is 26.0 Å². The molecule has 0 aliphatic carbocycles. The van der Waals surface area contributed by atoms with Crippen LogP contribution in [0.5, 0.6) is 0 Å². The molecule has 0 aliphatic heterocycles. The lowest BCUT2D eigenvalue weighted by molar-refractivity contribution is -0.114. The summed E-state index contributed by atoms with van der Waals surface area (Å²) in [4.78, 5) is 24.2. The molecule has 0 heterocycles. The average Bonchev–Trinajstić information content (AvgIpc) is 2.64. The molecule has 8 heteroatoms. The first-order chi connectivity index (χ1) is 13.1. The fourth-order valence-corrected chi connectivity index (χ4v) is 3.63. The molecule has 1 N–H and O–H groups in total. The number of amides is 1. The number of anilines is 2. The van der Waals surface area contributed by atoms with E-state index in [2.05, 4.69) is 10.1 Å². The van der Waals surface area contributed by atoms with Crippen LogP contribution in [-0.4, -0.2) is 40.2 Å². The molecule has 2 aromatic rings. The highest BCUT2D eigenvalue weighted by Crippen LogP contribution is 2.29. The molecule has 0 atom stereocenters. The second-order valence-corrected chi connectivity index (χ2v) is 8.51. The zero-order valence-electron chi connectivity index (χ0n) is 16.3. The Morgan fingerprint density at radius 1 is 1.11 bits per heavy atom. The molecule has 0 saturated heterocycles. The first-order valence-electron chi connectivity index (χ1n) is 8.68. The maximum atomic E-state index is 12.5. The number of hydrogen-bond acceptors (Lipinski definition) is 5. The Balaban J connectivity index is 2.28. The molecule has 1 amide bonds. The van der Waals surface area contributed by atoms with Gasteiger partial charge in [0.2, 0.25) is 15.9 Å². The number of carbonyl (C=O) groups is 2. The van der Waals surface area contributed by atoms with Gasteiger partial charge in [0.25, 0.3) is 0 Å². The van der Waals surface area contributed by atoms with Crippen LogP contribution in [0.3, 0.4) is 0 Å². The van der Waals surface area contributed by atoms with Crippen molar-refractivity contribution in [2.24, 2.45) is 0 Å². The number of esters is 1. The van der Waals surface area contributed by atoms with Gasteiger partial charge in [-0.3, -0.25) is 9.10 Å². The smallest absolute Gasteiger partial charge is 0.337 e. The number of ether oxygens (including phenoxy) is 1. The van der Waals surface area contributed by atoms with Crippen molar-refractivity contribution in [2.45, 2.75) is 19.8 Å². The summed E-state index contributed by atoms with van der Waals surface area (Å²) in [5.41, 5.74) is 1.95. The summed E-state index contributed by atoms with van der Waals surface area (Å²) in [6.07, 6.45) is 1.06. The second kappa shape index (κ2) is 8.88. The second-order valence-electron chi connectivity index (χ2n) is 6.60. The van der Waals surface area contributed by atoms with E-state index in [-0.39, 0.29) is 18.0 Å². The van der Waals surface area contributed by atoms with Crippen LogP contribution >= 0.6 is 0 Å². The van der Waals surface area contributed by atoms with Crippen molar-refractivity contribution in [3.63, 3.8) is 0 Å². The van der Waals surface area contributed by atoms with Gasteiger partial charge >= 0.3 is 5.97 Å². The number of nitrogens with one attached hydrogen (secondary N) is 1. The molecule has 0 fully saturated rings. The zero-order valence-corrected chi connectivity index (χ0v) is 17.1. The number of rotatable bonds is 7. The fraction of sp³-hybridized carbons (Fsp3) is 0.300. The quantitative estimate of drug-likeness (QED) is 0.716. The minimum atomic E-state index is -3.69. The lowest BCUT2D eigenvalue weighted by atomic mass is 10.0. The monoisotopic (exact) mass is 404 g/mol. The van der Waals surface area contributed by atoms with Gasteiger partial charge in [-0.2, -0.15) is 0 Å². The maximum Gasteiger partial charge on any atom is 0.337 e. The summed E-state index contributed by atoms with van der Waals surface area (Å²) in [6.45, 7) is 3.53. The van der Waals surface area contributed by atoms with Gasteiger partial charge in [-0.05, 0) is 35.7 Å². The Labute approximate surface area is 165 Å². The molecule has 0 radical (unpaired) electrons. The lowest BCUT2D eigenvalue weighted by Gasteiger charge is -2.25. The molecule has 0 unspecified atom stereocenters. The Morgan fingerprint density at radius 3 is 2.39 bits per heavy atom. The highest BCUT2D eigenvalue weighted by atomic mass is 32.2. The van der Waals surface area contributed by atoms with Gasteiger partial charge in [0, 0.05) is 5.69 Å². The first kappa shape index (κ1) is 21.4. The molecule has 0 aliphatic rings. The molecule has 0 bridgehead atoms. The molecule has 28 heavy (non-hydrogen) atoms. The Kier molecular flexibility index (Phi) is 6.80. The van der Waals surface area contributed by atoms with Crippen molar-refractivity contribution in [3.05, 3.63) is 59.7 Å². The van der Waals surface area contributed by atoms with E-state index in [1.54, 1.807) is 30.3 Å². The third-order valence-electron chi connectivity index (χ3n) is 4.08. The van der Waals surface area contributed by atoms with E-state index in [9.17, 15) is 18.0 Å². The number of methoxy groups -OCH3 is 1. The summed E-state index contributed by atoms with van der Waals surface area (Å²) in [7, 11) is -2.42. The van der Waals surface area contributed by atoms with E-state index in [1.165, 1.54) is 13.2 Å². The van der Waals surface area contributed by atoms with Crippen molar-refractivity contribution in [2.75, 3.05) is 29.5 Å². The molecule has 2 rings (SSSR count). The number of hydrogen-bond donors (Lipinski definition) is 1. The molecule has 0 saturated carbocycles. The Morgan fingerprint density at radius 2 is 1.79 bits per heavy atom. The maximum absolute atomic E-state index is 12.5. The zero-order chi connectivity index (χ0) is 20.9. The van der Waals surface area contributed by atoms with Crippen molar-refractivity contribution in [1.82, 2.24) is 0 Å². The summed E-state index contributed by atoms with van der Waals surface area (Å²) in [5.74, 6) is -0.967. The molecule has 150 valence electrons. The lowest BCUT2D eigenvalue weighted by Crippen LogP contribution is -2.38.